The smallest absolute Gasteiger partial charge is 0.377 e. The predicted octanol–water partition coefficient (Wildman–Crippen LogP) is 4.75. The van der Waals surface area contributed by atoms with Crippen molar-refractivity contribution in [1.29, 1.82) is 0 Å². The van der Waals surface area contributed by atoms with E-state index in [-0.39, 0.29) is 24.2 Å². The molecule has 0 aromatic heterocycles. The van der Waals surface area contributed by atoms with Crippen LogP contribution in [0.5, 0.6) is 5.75 Å². The number of benzene rings is 2. The Morgan fingerprint density at radius 1 is 1.06 bits per heavy atom. The molecule has 0 aliphatic heterocycles. The molecule has 0 bridgehead atoms. The van der Waals surface area contributed by atoms with Crippen LogP contribution >= 0.6 is 0 Å². The van der Waals surface area contributed by atoms with E-state index in [1.54, 1.807) is 12.1 Å². The van der Waals surface area contributed by atoms with Crippen molar-refractivity contribution < 1.29 is 29.0 Å². The van der Waals surface area contributed by atoms with E-state index >= 15 is 0 Å². The van der Waals surface area contributed by atoms with E-state index in [9.17, 15) is 14.4 Å². The molecule has 6 nitrogen and oxygen atoms in total. The van der Waals surface area contributed by atoms with Gasteiger partial charge >= 0.3 is 11.9 Å². The number of rotatable bonds is 10. The second-order valence-corrected chi connectivity index (χ2v) is 8.32. The van der Waals surface area contributed by atoms with Gasteiger partial charge in [0, 0.05) is 12.0 Å². The molecule has 1 N–H and O–H groups in total. The van der Waals surface area contributed by atoms with Crippen LogP contribution in [-0.4, -0.2) is 28.9 Å². The van der Waals surface area contributed by atoms with Crippen LogP contribution in [0.25, 0.3) is 0 Å². The highest BCUT2D eigenvalue weighted by Gasteiger charge is 2.27. The average Bonchev–Trinajstić information content (AvgIpc) is 2.73. The Bertz CT molecular complexity index is 943. The zero-order chi connectivity index (χ0) is 23.2. The molecule has 0 spiro atoms. The molecule has 0 aliphatic rings. The van der Waals surface area contributed by atoms with E-state index in [0.29, 0.717) is 18.6 Å². The minimum Gasteiger partial charge on any atom is -0.490 e. The number of esters is 1. The van der Waals surface area contributed by atoms with Gasteiger partial charge in [-0.1, -0.05) is 25.1 Å². The zero-order valence-corrected chi connectivity index (χ0v) is 18.7. The van der Waals surface area contributed by atoms with Gasteiger partial charge in [0.05, 0.1) is 11.5 Å². The molecule has 1 unspecified atom stereocenters. The molecule has 166 valence electrons. The van der Waals surface area contributed by atoms with Crippen molar-refractivity contribution in [3.8, 4) is 5.75 Å². The van der Waals surface area contributed by atoms with Crippen LogP contribution in [0.4, 0.5) is 0 Å². The Hall–Kier alpha value is -3.15. The summed E-state index contributed by atoms with van der Waals surface area (Å²) < 4.78 is 11.5. The number of ketones is 1. The number of carboxylic acids is 1. The summed E-state index contributed by atoms with van der Waals surface area (Å²) in [6.07, 6.45) is 1.12. The Balaban J connectivity index is 2.07. The van der Waals surface area contributed by atoms with Gasteiger partial charge in [0.15, 0.2) is 0 Å². The number of carbonyl (C=O) groups excluding carboxylic acids is 2. The lowest BCUT2D eigenvalue weighted by Gasteiger charge is -2.22. The second-order valence-electron chi connectivity index (χ2n) is 8.32. The highest BCUT2D eigenvalue weighted by atomic mass is 16.5. The Morgan fingerprint density at radius 2 is 1.71 bits per heavy atom. The number of aryl methyl sites for hydroxylation is 1. The lowest BCUT2D eigenvalue weighted by atomic mass is 9.90. The van der Waals surface area contributed by atoms with Gasteiger partial charge in [-0.05, 0) is 75.1 Å². The number of Topliss-reactive ketones (excluding diaryl/α,β-unsaturated/α-hetero) is 1. The average molecular weight is 427 g/mol. The number of hydrogen-bond donors (Lipinski definition) is 1. The van der Waals surface area contributed by atoms with E-state index in [0.717, 1.165) is 16.7 Å². The second kappa shape index (κ2) is 10.2. The first kappa shape index (κ1) is 24.1. The summed E-state index contributed by atoms with van der Waals surface area (Å²) in [5.41, 5.74) is 2.67. The van der Waals surface area contributed by atoms with Crippen LogP contribution in [0.15, 0.2) is 42.5 Å². The van der Waals surface area contributed by atoms with Gasteiger partial charge in [0.25, 0.3) is 5.78 Å². The Labute approximate surface area is 183 Å². The minimum atomic E-state index is -1.49. The third-order valence-corrected chi connectivity index (χ3v) is 5.44. The molecular weight excluding hydrogens is 396 g/mol. The summed E-state index contributed by atoms with van der Waals surface area (Å²) in [4.78, 5) is 34.6. The van der Waals surface area contributed by atoms with Crippen LogP contribution in [0.1, 0.15) is 61.2 Å². The van der Waals surface area contributed by atoms with Gasteiger partial charge in [-0.15, -0.1) is 0 Å². The maximum absolute atomic E-state index is 12.3. The van der Waals surface area contributed by atoms with Crippen molar-refractivity contribution in [1.82, 2.24) is 0 Å². The van der Waals surface area contributed by atoms with Gasteiger partial charge in [-0.2, -0.15) is 0 Å². The quantitative estimate of drug-likeness (QED) is 0.335. The van der Waals surface area contributed by atoms with Crippen molar-refractivity contribution in [2.75, 3.05) is 0 Å². The molecule has 0 heterocycles. The van der Waals surface area contributed by atoms with Crippen molar-refractivity contribution in [3.05, 3.63) is 64.7 Å². The molecule has 0 fully saturated rings. The molecule has 0 aliphatic carbocycles. The van der Waals surface area contributed by atoms with Gasteiger partial charge in [0.2, 0.25) is 0 Å². The summed E-state index contributed by atoms with van der Waals surface area (Å²) in [6, 6.07) is 11.9. The number of hydrogen-bond acceptors (Lipinski definition) is 5. The maximum Gasteiger partial charge on any atom is 0.377 e. The molecule has 6 heteroatoms. The molecule has 0 amide bonds. The normalized spacial score (nSPS) is 12.2. The first-order valence-corrected chi connectivity index (χ1v) is 10.3. The van der Waals surface area contributed by atoms with Gasteiger partial charge in [-0.25, -0.2) is 4.79 Å². The summed E-state index contributed by atoms with van der Waals surface area (Å²) in [5.74, 6) is -2.12. The Kier molecular flexibility index (Phi) is 7.97. The number of aliphatic carboxylic acids is 1. The van der Waals surface area contributed by atoms with Crippen molar-refractivity contribution >= 4 is 17.7 Å². The fraction of sp³-hybridized carbons (Fsp3) is 0.400. The summed E-state index contributed by atoms with van der Waals surface area (Å²) in [5, 5.41) is 8.79. The number of ether oxygens (including phenoxy) is 2. The Morgan fingerprint density at radius 3 is 2.29 bits per heavy atom. The molecule has 2 rings (SSSR count). The SMILES string of the molecule is CCC(C)(C)C(=O)OCc1cccc(C)c1CC(C)Oc1ccc(C(=O)C(=O)O)cc1. The molecule has 31 heavy (non-hydrogen) atoms. The molecule has 1 atom stereocenters. The zero-order valence-electron chi connectivity index (χ0n) is 18.7. The standard InChI is InChI=1S/C25H30O6/c1-6-25(4,5)24(29)30-15-19-9-7-8-16(2)21(19)14-17(3)31-20-12-10-18(11-13-20)22(26)23(27)28/h7-13,17H,6,14-15H2,1-5H3,(H,27,28). The first-order valence-electron chi connectivity index (χ1n) is 10.3. The lowest BCUT2D eigenvalue weighted by molar-refractivity contribution is -0.155. The highest BCUT2D eigenvalue weighted by molar-refractivity contribution is 6.39. The van der Waals surface area contributed by atoms with E-state index in [4.69, 9.17) is 14.6 Å². The predicted molar refractivity (Wildman–Crippen MR) is 117 cm³/mol. The molecule has 0 saturated carbocycles. The van der Waals surface area contributed by atoms with E-state index in [1.165, 1.54) is 12.1 Å². The van der Waals surface area contributed by atoms with Crippen molar-refractivity contribution in [2.45, 2.75) is 60.2 Å². The number of carbonyl (C=O) groups is 3. The third-order valence-electron chi connectivity index (χ3n) is 5.44. The molecule has 2 aromatic carbocycles. The summed E-state index contributed by atoms with van der Waals surface area (Å²) in [7, 11) is 0. The molecule has 2 aromatic rings. The highest BCUT2D eigenvalue weighted by Crippen LogP contribution is 2.24. The van der Waals surface area contributed by atoms with E-state index in [1.807, 2.05) is 52.8 Å². The van der Waals surface area contributed by atoms with Gasteiger partial charge < -0.3 is 14.6 Å². The van der Waals surface area contributed by atoms with Crippen LogP contribution in [0.3, 0.4) is 0 Å². The lowest BCUT2D eigenvalue weighted by Crippen LogP contribution is -2.26. The fourth-order valence-corrected chi connectivity index (χ4v) is 3.04. The van der Waals surface area contributed by atoms with Crippen LogP contribution in [0.2, 0.25) is 0 Å². The fourth-order valence-electron chi connectivity index (χ4n) is 3.04. The van der Waals surface area contributed by atoms with E-state index in [2.05, 4.69) is 0 Å². The minimum absolute atomic E-state index is 0.102. The van der Waals surface area contributed by atoms with Crippen LogP contribution in [-0.2, 0) is 27.4 Å². The topological polar surface area (TPSA) is 89.9 Å². The maximum atomic E-state index is 12.3. The molecular formula is C25H30O6. The summed E-state index contributed by atoms with van der Waals surface area (Å²) in [6.45, 7) is 9.85. The molecule has 0 saturated heterocycles. The van der Waals surface area contributed by atoms with E-state index < -0.39 is 17.2 Å². The van der Waals surface area contributed by atoms with Crippen molar-refractivity contribution in [3.63, 3.8) is 0 Å². The van der Waals surface area contributed by atoms with Crippen molar-refractivity contribution in [2.24, 2.45) is 5.41 Å². The van der Waals surface area contributed by atoms with Gasteiger partial charge in [-0.3, -0.25) is 9.59 Å². The first-order chi connectivity index (χ1) is 14.5. The third kappa shape index (κ3) is 6.41. The largest absolute Gasteiger partial charge is 0.490 e. The monoisotopic (exact) mass is 426 g/mol. The van der Waals surface area contributed by atoms with Crippen LogP contribution < -0.4 is 4.74 Å². The summed E-state index contributed by atoms with van der Waals surface area (Å²) >= 11 is 0. The van der Waals surface area contributed by atoms with Gasteiger partial charge in [0.1, 0.15) is 12.4 Å². The number of carboxylic acid groups (broad SMARTS) is 1. The molecule has 0 radical (unpaired) electrons. The van der Waals surface area contributed by atoms with Crippen LogP contribution in [0, 0.1) is 12.3 Å².